The second-order valence-electron chi connectivity index (χ2n) is 8.28. The van der Waals surface area contributed by atoms with E-state index in [0.29, 0.717) is 0 Å². The Bertz CT molecular complexity index is 763. The van der Waals surface area contributed by atoms with Crippen molar-refractivity contribution in [3.05, 3.63) is 65.7 Å². The molecule has 1 aliphatic heterocycles. The lowest BCUT2D eigenvalue weighted by molar-refractivity contribution is 0.169. The Kier molecular flexibility index (Phi) is 8.79. The Morgan fingerprint density at radius 3 is 2.13 bits per heavy atom. The molecule has 0 aromatic heterocycles. The van der Waals surface area contributed by atoms with Crippen molar-refractivity contribution >= 4 is 6.08 Å². The number of methoxy groups -OCH3 is 2. The molecule has 30 heavy (non-hydrogen) atoms. The second-order valence-corrected chi connectivity index (χ2v) is 8.28. The summed E-state index contributed by atoms with van der Waals surface area (Å²) >= 11 is 0. The lowest BCUT2D eigenvalue weighted by Crippen LogP contribution is -2.38. The number of likely N-dealkylation sites (tertiary alicyclic amines) is 1. The Balaban J connectivity index is 1.57. The molecule has 0 unspecified atom stereocenters. The molecule has 0 spiro atoms. The number of piperidine rings is 1. The summed E-state index contributed by atoms with van der Waals surface area (Å²) in [5.41, 5.74) is 2.58. The van der Waals surface area contributed by atoms with Crippen LogP contribution in [0.5, 0.6) is 11.5 Å². The summed E-state index contributed by atoms with van der Waals surface area (Å²) in [6.07, 6.45) is 8.18. The number of rotatable bonds is 10. The molecule has 162 valence electrons. The van der Waals surface area contributed by atoms with E-state index in [1.54, 1.807) is 14.2 Å². The zero-order valence-electron chi connectivity index (χ0n) is 18.7. The number of ether oxygens (including phenoxy) is 2. The minimum absolute atomic E-state index is 0.798. The van der Waals surface area contributed by atoms with E-state index in [-0.39, 0.29) is 0 Å². The molecule has 0 saturated carbocycles. The molecule has 0 amide bonds. The van der Waals surface area contributed by atoms with Crippen LogP contribution in [0.25, 0.3) is 6.08 Å². The van der Waals surface area contributed by atoms with E-state index in [2.05, 4.69) is 65.4 Å². The Hall–Kier alpha value is -2.30. The fourth-order valence-corrected chi connectivity index (χ4v) is 4.00. The van der Waals surface area contributed by atoms with Gasteiger partial charge in [-0.3, -0.25) is 4.90 Å². The molecule has 1 saturated heterocycles. The molecule has 1 fully saturated rings. The summed E-state index contributed by atoms with van der Waals surface area (Å²) in [6.45, 7) is 5.68. The predicted molar refractivity (Wildman–Crippen MR) is 125 cm³/mol. The van der Waals surface area contributed by atoms with Gasteiger partial charge in [0, 0.05) is 19.6 Å². The van der Waals surface area contributed by atoms with Crippen molar-refractivity contribution in [3.8, 4) is 11.5 Å². The lowest BCUT2D eigenvalue weighted by Gasteiger charge is -2.33. The van der Waals surface area contributed by atoms with Crippen LogP contribution < -0.4 is 9.47 Å². The van der Waals surface area contributed by atoms with Gasteiger partial charge in [0.25, 0.3) is 0 Å². The molecule has 4 nitrogen and oxygen atoms in total. The van der Waals surface area contributed by atoms with Crippen LogP contribution >= 0.6 is 0 Å². The first kappa shape index (κ1) is 22.4. The molecular formula is C26H36N2O2. The Labute approximate surface area is 182 Å². The van der Waals surface area contributed by atoms with Gasteiger partial charge in [0.2, 0.25) is 0 Å². The summed E-state index contributed by atoms with van der Waals surface area (Å²) in [5, 5.41) is 0. The number of nitrogens with zero attached hydrogens (tertiary/aromatic N) is 2. The first-order valence-electron chi connectivity index (χ1n) is 11.0. The SMILES string of the molecule is COc1ccc(/C=C/CN(CCc2ccc(OC)cc2)CC2CCN(C)CC2)cc1. The normalized spacial score (nSPS) is 15.7. The van der Waals surface area contributed by atoms with Crippen molar-refractivity contribution in [1.82, 2.24) is 9.80 Å². The van der Waals surface area contributed by atoms with E-state index in [9.17, 15) is 0 Å². The van der Waals surface area contributed by atoms with Gasteiger partial charge in [0.15, 0.2) is 0 Å². The van der Waals surface area contributed by atoms with Crippen molar-refractivity contribution in [3.63, 3.8) is 0 Å². The third-order valence-electron chi connectivity index (χ3n) is 6.02. The van der Waals surface area contributed by atoms with Crippen LogP contribution in [0.4, 0.5) is 0 Å². The van der Waals surface area contributed by atoms with E-state index in [4.69, 9.17) is 9.47 Å². The van der Waals surface area contributed by atoms with Gasteiger partial charge in [-0.15, -0.1) is 0 Å². The van der Waals surface area contributed by atoms with Gasteiger partial charge in [-0.1, -0.05) is 36.4 Å². The van der Waals surface area contributed by atoms with Gasteiger partial charge >= 0.3 is 0 Å². The fraction of sp³-hybridized carbons (Fsp3) is 0.462. The van der Waals surface area contributed by atoms with Crippen LogP contribution in [0.1, 0.15) is 24.0 Å². The lowest BCUT2D eigenvalue weighted by atomic mass is 9.96. The molecule has 4 heteroatoms. The zero-order chi connectivity index (χ0) is 21.2. The maximum atomic E-state index is 5.28. The van der Waals surface area contributed by atoms with E-state index < -0.39 is 0 Å². The maximum Gasteiger partial charge on any atom is 0.118 e. The van der Waals surface area contributed by atoms with E-state index in [0.717, 1.165) is 36.9 Å². The van der Waals surface area contributed by atoms with Crippen molar-refractivity contribution in [2.45, 2.75) is 19.3 Å². The third-order valence-corrected chi connectivity index (χ3v) is 6.02. The molecule has 3 rings (SSSR count). The highest BCUT2D eigenvalue weighted by Crippen LogP contribution is 2.19. The van der Waals surface area contributed by atoms with E-state index >= 15 is 0 Å². The summed E-state index contributed by atoms with van der Waals surface area (Å²) in [6, 6.07) is 16.7. The van der Waals surface area contributed by atoms with Crippen LogP contribution in [-0.4, -0.2) is 63.8 Å². The van der Waals surface area contributed by atoms with Gasteiger partial charge in [-0.25, -0.2) is 0 Å². The van der Waals surface area contributed by atoms with Crippen LogP contribution in [0.15, 0.2) is 54.6 Å². The fourth-order valence-electron chi connectivity index (χ4n) is 4.00. The minimum Gasteiger partial charge on any atom is -0.497 e. The van der Waals surface area contributed by atoms with Gasteiger partial charge in [-0.2, -0.15) is 0 Å². The summed E-state index contributed by atoms with van der Waals surface area (Å²) < 4.78 is 10.5. The van der Waals surface area contributed by atoms with E-state index in [1.165, 1.54) is 43.6 Å². The van der Waals surface area contributed by atoms with Crippen LogP contribution in [0.3, 0.4) is 0 Å². The topological polar surface area (TPSA) is 24.9 Å². The molecule has 0 bridgehead atoms. The summed E-state index contributed by atoms with van der Waals surface area (Å²) in [4.78, 5) is 5.06. The molecule has 0 N–H and O–H groups in total. The van der Waals surface area contributed by atoms with Gasteiger partial charge in [0.1, 0.15) is 11.5 Å². The highest BCUT2D eigenvalue weighted by atomic mass is 16.5. The van der Waals surface area contributed by atoms with Gasteiger partial charge < -0.3 is 14.4 Å². The van der Waals surface area contributed by atoms with Crippen LogP contribution in [0, 0.1) is 5.92 Å². The van der Waals surface area contributed by atoms with Crippen LogP contribution in [0.2, 0.25) is 0 Å². The monoisotopic (exact) mass is 408 g/mol. The van der Waals surface area contributed by atoms with Gasteiger partial charge in [0.05, 0.1) is 14.2 Å². The molecule has 0 radical (unpaired) electrons. The first-order chi connectivity index (χ1) is 14.7. The number of benzene rings is 2. The van der Waals surface area contributed by atoms with Crippen molar-refractivity contribution in [2.75, 3.05) is 54.0 Å². The molecule has 0 aliphatic carbocycles. The summed E-state index contributed by atoms with van der Waals surface area (Å²) in [5.74, 6) is 2.62. The number of hydrogen-bond donors (Lipinski definition) is 0. The molecular weight excluding hydrogens is 372 g/mol. The van der Waals surface area contributed by atoms with Gasteiger partial charge in [-0.05, 0) is 80.7 Å². The molecule has 2 aromatic rings. The van der Waals surface area contributed by atoms with E-state index in [1.807, 2.05) is 12.1 Å². The molecule has 1 heterocycles. The smallest absolute Gasteiger partial charge is 0.118 e. The summed E-state index contributed by atoms with van der Waals surface area (Å²) in [7, 11) is 5.65. The van der Waals surface area contributed by atoms with Crippen molar-refractivity contribution in [2.24, 2.45) is 5.92 Å². The van der Waals surface area contributed by atoms with Crippen molar-refractivity contribution < 1.29 is 9.47 Å². The second kappa shape index (κ2) is 11.8. The van der Waals surface area contributed by atoms with Crippen LogP contribution in [-0.2, 0) is 6.42 Å². The average Bonchev–Trinajstić information content (AvgIpc) is 2.79. The Morgan fingerprint density at radius 1 is 0.933 bits per heavy atom. The zero-order valence-corrected chi connectivity index (χ0v) is 18.7. The largest absolute Gasteiger partial charge is 0.497 e. The minimum atomic E-state index is 0.798. The maximum absolute atomic E-state index is 5.28. The first-order valence-corrected chi connectivity index (χ1v) is 11.0. The quantitative estimate of drug-likeness (QED) is 0.573. The van der Waals surface area contributed by atoms with Crippen molar-refractivity contribution in [1.29, 1.82) is 0 Å². The Morgan fingerprint density at radius 2 is 1.53 bits per heavy atom. The highest BCUT2D eigenvalue weighted by Gasteiger charge is 2.19. The predicted octanol–water partition coefficient (Wildman–Crippen LogP) is 4.60. The standard InChI is InChI=1S/C26H36N2O2/c1-27-18-14-24(15-19-27)21-28(20-16-23-8-12-26(30-3)13-9-23)17-4-5-22-6-10-25(29-2)11-7-22/h4-13,24H,14-21H2,1-3H3/b5-4+. The molecule has 0 atom stereocenters. The average molecular weight is 409 g/mol. The molecule has 2 aromatic carbocycles. The molecule has 1 aliphatic rings. The third kappa shape index (κ3) is 7.19. The number of hydrogen-bond acceptors (Lipinski definition) is 4. The highest BCUT2D eigenvalue weighted by molar-refractivity contribution is 5.50.